The molecule has 0 atom stereocenters. The second-order valence-corrected chi connectivity index (χ2v) is 8.59. The summed E-state index contributed by atoms with van der Waals surface area (Å²) in [6.45, 7) is 0.184. The Morgan fingerprint density at radius 1 is 1.23 bits per heavy atom. The van der Waals surface area contributed by atoms with E-state index in [9.17, 15) is 4.79 Å². The summed E-state index contributed by atoms with van der Waals surface area (Å²) in [6, 6.07) is 17.2. The fourth-order valence-corrected chi connectivity index (χ4v) is 4.62. The van der Waals surface area contributed by atoms with Gasteiger partial charge in [-0.25, -0.2) is 0 Å². The Bertz CT molecular complexity index is 1220. The normalized spacial score (nSPS) is 10.7. The SMILES string of the molecule is COc1ccc2c(ccn2CC(=O)Nc2nnc(SCc3ccc(C#N)cc3)s2)c1. The Kier molecular flexibility index (Phi) is 5.97. The fraction of sp³-hybridized carbons (Fsp3) is 0.143. The van der Waals surface area contributed by atoms with Crippen LogP contribution >= 0.6 is 23.1 Å². The standard InChI is InChI=1S/C21H17N5O2S2/c1-28-17-6-7-18-16(10-17)8-9-26(18)12-19(27)23-20-24-25-21(30-20)29-13-15-4-2-14(11-22)3-5-15/h2-10H,12-13H2,1H3,(H,23,24,27). The van der Waals surface area contributed by atoms with Crippen molar-refractivity contribution in [2.24, 2.45) is 0 Å². The van der Waals surface area contributed by atoms with Crippen LogP contribution in [0.1, 0.15) is 11.1 Å². The number of carbonyl (C=O) groups is 1. The molecule has 0 aliphatic heterocycles. The molecule has 1 amide bonds. The molecule has 0 aliphatic carbocycles. The summed E-state index contributed by atoms with van der Waals surface area (Å²) in [5.74, 6) is 1.33. The van der Waals surface area contributed by atoms with Gasteiger partial charge in [-0.3, -0.25) is 10.1 Å². The van der Waals surface area contributed by atoms with Gasteiger partial charge < -0.3 is 9.30 Å². The monoisotopic (exact) mass is 435 g/mol. The molecule has 0 saturated carbocycles. The number of fused-ring (bicyclic) bond motifs is 1. The van der Waals surface area contributed by atoms with E-state index in [0.717, 1.165) is 26.6 Å². The maximum atomic E-state index is 12.4. The van der Waals surface area contributed by atoms with E-state index in [1.54, 1.807) is 19.2 Å². The lowest BCUT2D eigenvalue weighted by molar-refractivity contribution is -0.116. The third-order valence-corrected chi connectivity index (χ3v) is 6.43. The predicted octanol–water partition coefficient (Wildman–Crippen LogP) is 4.30. The van der Waals surface area contributed by atoms with Gasteiger partial charge in [0.1, 0.15) is 12.3 Å². The van der Waals surface area contributed by atoms with Crippen molar-refractivity contribution in [3.05, 3.63) is 65.9 Å². The molecule has 2 aromatic carbocycles. The minimum absolute atomic E-state index is 0.164. The van der Waals surface area contributed by atoms with Crippen molar-refractivity contribution in [2.45, 2.75) is 16.6 Å². The molecule has 4 aromatic rings. The number of carbonyl (C=O) groups excluding carboxylic acids is 1. The van der Waals surface area contributed by atoms with Gasteiger partial charge in [0, 0.05) is 22.9 Å². The van der Waals surface area contributed by atoms with E-state index in [1.165, 1.54) is 23.1 Å². The Morgan fingerprint density at radius 2 is 2.07 bits per heavy atom. The first-order valence-corrected chi connectivity index (χ1v) is 10.8. The number of hydrogen-bond acceptors (Lipinski definition) is 7. The molecule has 2 aromatic heterocycles. The third-order valence-electron chi connectivity index (χ3n) is 4.39. The molecule has 150 valence electrons. The molecule has 0 unspecified atom stereocenters. The number of nitrogens with zero attached hydrogens (tertiary/aromatic N) is 4. The molecule has 0 saturated heterocycles. The van der Waals surface area contributed by atoms with Crippen molar-refractivity contribution < 1.29 is 9.53 Å². The van der Waals surface area contributed by atoms with Crippen LogP contribution in [0.15, 0.2) is 59.1 Å². The Balaban J connectivity index is 1.34. The predicted molar refractivity (Wildman–Crippen MR) is 118 cm³/mol. The van der Waals surface area contributed by atoms with E-state index in [1.807, 2.05) is 47.2 Å². The molecule has 2 heterocycles. The third kappa shape index (κ3) is 4.62. The van der Waals surface area contributed by atoms with E-state index in [2.05, 4.69) is 21.6 Å². The summed E-state index contributed by atoms with van der Waals surface area (Å²) in [7, 11) is 1.63. The van der Waals surface area contributed by atoms with Crippen molar-refractivity contribution in [3.63, 3.8) is 0 Å². The van der Waals surface area contributed by atoms with Gasteiger partial charge in [-0.1, -0.05) is 35.2 Å². The number of thioether (sulfide) groups is 1. The number of nitriles is 1. The van der Waals surface area contributed by atoms with Crippen LogP contribution in [0.25, 0.3) is 10.9 Å². The average Bonchev–Trinajstić information content (AvgIpc) is 3.39. The molecular weight excluding hydrogens is 418 g/mol. The molecule has 9 heteroatoms. The lowest BCUT2D eigenvalue weighted by Gasteiger charge is -2.06. The quantitative estimate of drug-likeness (QED) is 0.344. The van der Waals surface area contributed by atoms with Crippen molar-refractivity contribution >= 4 is 45.0 Å². The molecule has 1 N–H and O–H groups in total. The van der Waals surface area contributed by atoms with Crippen LogP contribution < -0.4 is 10.1 Å². The molecule has 0 bridgehead atoms. The number of nitrogens with one attached hydrogen (secondary N) is 1. The van der Waals surface area contributed by atoms with Crippen LogP contribution in [-0.4, -0.2) is 27.8 Å². The highest BCUT2D eigenvalue weighted by molar-refractivity contribution is 8.00. The number of methoxy groups -OCH3 is 1. The maximum absolute atomic E-state index is 12.4. The first-order valence-electron chi connectivity index (χ1n) is 9.02. The van der Waals surface area contributed by atoms with E-state index in [4.69, 9.17) is 10.00 Å². The van der Waals surface area contributed by atoms with Crippen molar-refractivity contribution in [3.8, 4) is 11.8 Å². The van der Waals surface area contributed by atoms with E-state index in [0.29, 0.717) is 16.4 Å². The summed E-state index contributed by atoms with van der Waals surface area (Å²) in [4.78, 5) is 12.4. The first-order chi connectivity index (χ1) is 14.6. The minimum Gasteiger partial charge on any atom is -0.497 e. The fourth-order valence-electron chi connectivity index (χ4n) is 2.90. The number of aromatic nitrogens is 3. The minimum atomic E-state index is -0.164. The number of amides is 1. The number of benzene rings is 2. The summed E-state index contributed by atoms with van der Waals surface area (Å²) in [5, 5.41) is 21.3. The van der Waals surface area contributed by atoms with E-state index < -0.39 is 0 Å². The second kappa shape index (κ2) is 8.98. The van der Waals surface area contributed by atoms with Gasteiger partial charge in [0.05, 0.1) is 18.7 Å². The van der Waals surface area contributed by atoms with Gasteiger partial charge in [-0.05, 0) is 42.0 Å². The number of rotatable bonds is 7. The van der Waals surface area contributed by atoms with Gasteiger partial charge in [0.15, 0.2) is 4.34 Å². The Hall–Kier alpha value is -3.35. The smallest absolute Gasteiger partial charge is 0.246 e. The average molecular weight is 436 g/mol. The summed E-state index contributed by atoms with van der Waals surface area (Å²) >= 11 is 2.88. The lowest BCUT2D eigenvalue weighted by Crippen LogP contribution is -2.18. The number of hydrogen-bond donors (Lipinski definition) is 1. The van der Waals surface area contributed by atoms with Crippen molar-refractivity contribution in [2.75, 3.05) is 12.4 Å². The van der Waals surface area contributed by atoms with Crippen LogP contribution in [0.2, 0.25) is 0 Å². The molecule has 4 rings (SSSR count). The topological polar surface area (TPSA) is 92.8 Å². The van der Waals surface area contributed by atoms with Crippen LogP contribution in [0.4, 0.5) is 5.13 Å². The maximum Gasteiger partial charge on any atom is 0.246 e. The molecule has 30 heavy (non-hydrogen) atoms. The summed E-state index contributed by atoms with van der Waals surface area (Å²) < 4.78 is 7.89. The Labute approximate surface area is 181 Å². The van der Waals surface area contributed by atoms with Crippen molar-refractivity contribution in [1.82, 2.24) is 14.8 Å². The van der Waals surface area contributed by atoms with E-state index in [-0.39, 0.29) is 12.5 Å². The van der Waals surface area contributed by atoms with Gasteiger partial charge in [-0.15, -0.1) is 10.2 Å². The van der Waals surface area contributed by atoms with Gasteiger partial charge in [0.25, 0.3) is 0 Å². The summed E-state index contributed by atoms with van der Waals surface area (Å²) in [6.07, 6.45) is 1.88. The van der Waals surface area contributed by atoms with Crippen molar-refractivity contribution in [1.29, 1.82) is 5.26 Å². The van der Waals surface area contributed by atoms with Gasteiger partial charge >= 0.3 is 0 Å². The molecule has 0 radical (unpaired) electrons. The van der Waals surface area contributed by atoms with Gasteiger partial charge in [-0.2, -0.15) is 5.26 Å². The lowest BCUT2D eigenvalue weighted by atomic mass is 10.2. The zero-order chi connectivity index (χ0) is 20.9. The largest absolute Gasteiger partial charge is 0.497 e. The first kappa shape index (κ1) is 19.9. The molecule has 0 aliphatic rings. The van der Waals surface area contributed by atoms with Crippen LogP contribution in [0, 0.1) is 11.3 Å². The van der Waals surface area contributed by atoms with Crippen LogP contribution in [0.3, 0.4) is 0 Å². The highest BCUT2D eigenvalue weighted by atomic mass is 32.2. The second-order valence-electron chi connectivity index (χ2n) is 6.39. The summed E-state index contributed by atoms with van der Waals surface area (Å²) in [5.41, 5.74) is 2.69. The number of anilines is 1. The highest BCUT2D eigenvalue weighted by Gasteiger charge is 2.11. The molecule has 0 spiro atoms. The Morgan fingerprint density at radius 3 is 2.83 bits per heavy atom. The number of ether oxygens (including phenoxy) is 1. The zero-order valence-electron chi connectivity index (χ0n) is 16.0. The highest BCUT2D eigenvalue weighted by Crippen LogP contribution is 2.28. The van der Waals surface area contributed by atoms with E-state index >= 15 is 0 Å². The van der Waals surface area contributed by atoms with Crippen LogP contribution in [-0.2, 0) is 17.1 Å². The van der Waals surface area contributed by atoms with Gasteiger partial charge in [0.2, 0.25) is 11.0 Å². The zero-order valence-corrected chi connectivity index (χ0v) is 17.7. The molecule has 7 nitrogen and oxygen atoms in total. The molecule has 0 fully saturated rings. The van der Waals surface area contributed by atoms with Crippen LogP contribution in [0.5, 0.6) is 5.75 Å². The molecular formula is C21H17N5O2S2.